The fourth-order valence-corrected chi connectivity index (χ4v) is 2.09. The lowest BCUT2D eigenvalue weighted by molar-refractivity contribution is -0.130. The summed E-state index contributed by atoms with van der Waals surface area (Å²) in [4.78, 5) is 11.4. The summed E-state index contributed by atoms with van der Waals surface area (Å²) >= 11 is 0. The van der Waals surface area contributed by atoms with Gasteiger partial charge < -0.3 is 14.6 Å². The summed E-state index contributed by atoms with van der Waals surface area (Å²) in [5.74, 6) is -0.425. The molecule has 0 aliphatic carbocycles. The van der Waals surface area contributed by atoms with Gasteiger partial charge in [-0.05, 0) is 41.5 Å². The quantitative estimate of drug-likeness (QED) is 0.695. The molecule has 0 aromatic heterocycles. The van der Waals surface area contributed by atoms with E-state index in [-0.39, 0.29) is 12.4 Å². The minimum atomic E-state index is -1.13. The van der Waals surface area contributed by atoms with Crippen LogP contribution in [0.25, 0.3) is 11.6 Å². The Labute approximate surface area is 120 Å². The molecule has 0 atom stereocenters. The van der Waals surface area contributed by atoms with Crippen molar-refractivity contribution in [3.05, 3.63) is 59.4 Å². The number of rotatable bonds is 3. The molecular weight excluding hydrogens is 275 g/mol. The molecule has 0 spiro atoms. The van der Waals surface area contributed by atoms with Gasteiger partial charge in [-0.3, -0.25) is 0 Å². The van der Waals surface area contributed by atoms with E-state index in [1.807, 2.05) is 0 Å². The molecule has 5 heteroatoms. The van der Waals surface area contributed by atoms with Crippen molar-refractivity contribution in [3.8, 4) is 11.5 Å². The lowest BCUT2D eigenvalue weighted by Gasteiger charge is -2.04. The third-order valence-corrected chi connectivity index (χ3v) is 3.07. The van der Waals surface area contributed by atoms with Gasteiger partial charge in [0.25, 0.3) is 0 Å². The number of carbonyl (C=O) groups is 1. The van der Waals surface area contributed by atoms with Gasteiger partial charge in [-0.25, -0.2) is 9.18 Å². The highest BCUT2D eigenvalue weighted by Gasteiger charge is 2.15. The largest absolute Gasteiger partial charge is 0.478 e. The van der Waals surface area contributed by atoms with Crippen molar-refractivity contribution in [2.24, 2.45) is 0 Å². The van der Waals surface area contributed by atoms with Crippen LogP contribution >= 0.6 is 0 Å². The smallest absolute Gasteiger partial charge is 0.336 e. The van der Waals surface area contributed by atoms with E-state index in [1.54, 1.807) is 24.3 Å². The van der Waals surface area contributed by atoms with Crippen molar-refractivity contribution in [1.29, 1.82) is 0 Å². The van der Waals surface area contributed by atoms with Crippen molar-refractivity contribution in [2.45, 2.75) is 0 Å². The van der Waals surface area contributed by atoms with Crippen molar-refractivity contribution < 1.29 is 23.8 Å². The van der Waals surface area contributed by atoms with Crippen molar-refractivity contribution >= 4 is 17.6 Å². The SMILES string of the molecule is O=C(O)/C(=C/c1ccc2c(c1)OCO2)c1cccc(F)c1. The molecule has 1 heterocycles. The van der Waals surface area contributed by atoms with E-state index in [0.717, 1.165) is 0 Å². The number of benzene rings is 2. The number of aliphatic carboxylic acids is 1. The Hall–Kier alpha value is -2.82. The second kappa shape index (κ2) is 5.28. The molecule has 1 N–H and O–H groups in total. The molecule has 0 fully saturated rings. The van der Waals surface area contributed by atoms with Gasteiger partial charge in [0.2, 0.25) is 6.79 Å². The number of hydrogen-bond acceptors (Lipinski definition) is 3. The molecule has 0 radical (unpaired) electrons. The van der Waals surface area contributed by atoms with Crippen LogP contribution in [0.1, 0.15) is 11.1 Å². The molecule has 1 aliphatic rings. The summed E-state index contributed by atoms with van der Waals surface area (Å²) in [6.45, 7) is 0.151. The maximum absolute atomic E-state index is 13.3. The number of fused-ring (bicyclic) bond motifs is 1. The number of carboxylic acid groups (broad SMARTS) is 1. The lowest BCUT2D eigenvalue weighted by atomic mass is 10.0. The predicted molar refractivity (Wildman–Crippen MR) is 74.5 cm³/mol. The summed E-state index contributed by atoms with van der Waals surface area (Å²) in [6, 6.07) is 10.6. The van der Waals surface area contributed by atoms with Crippen LogP contribution in [0.5, 0.6) is 11.5 Å². The maximum atomic E-state index is 13.3. The van der Waals surface area contributed by atoms with E-state index in [0.29, 0.717) is 22.6 Å². The van der Waals surface area contributed by atoms with Crippen LogP contribution in [0.3, 0.4) is 0 Å². The van der Waals surface area contributed by atoms with Crippen molar-refractivity contribution in [1.82, 2.24) is 0 Å². The second-order valence-corrected chi connectivity index (χ2v) is 4.49. The highest BCUT2D eigenvalue weighted by atomic mass is 19.1. The summed E-state index contributed by atoms with van der Waals surface area (Å²) in [7, 11) is 0. The lowest BCUT2D eigenvalue weighted by Crippen LogP contribution is -2.00. The molecule has 0 bridgehead atoms. The number of halogens is 1. The summed E-state index contributed by atoms with van der Waals surface area (Å²) in [6.07, 6.45) is 1.47. The first kappa shape index (κ1) is 13.2. The molecular formula is C16H11FO4. The standard InChI is InChI=1S/C16H11FO4/c17-12-3-1-2-11(8-12)13(16(18)19)6-10-4-5-14-15(7-10)21-9-20-14/h1-8H,9H2,(H,18,19)/b13-6+. The predicted octanol–water partition coefficient (Wildman–Crippen LogP) is 3.18. The first-order valence-corrected chi connectivity index (χ1v) is 6.24. The average molecular weight is 286 g/mol. The van der Waals surface area contributed by atoms with Crippen LogP contribution in [-0.4, -0.2) is 17.9 Å². The third-order valence-electron chi connectivity index (χ3n) is 3.07. The first-order valence-electron chi connectivity index (χ1n) is 6.24. The van der Waals surface area contributed by atoms with E-state index >= 15 is 0 Å². The van der Waals surface area contributed by atoms with E-state index in [2.05, 4.69) is 0 Å². The van der Waals surface area contributed by atoms with Crippen LogP contribution < -0.4 is 9.47 Å². The van der Waals surface area contributed by atoms with Gasteiger partial charge in [0.15, 0.2) is 11.5 Å². The molecule has 0 amide bonds. The maximum Gasteiger partial charge on any atom is 0.336 e. The van der Waals surface area contributed by atoms with Crippen LogP contribution in [0, 0.1) is 5.82 Å². The molecule has 3 rings (SSSR count). The molecule has 2 aromatic rings. The summed E-state index contributed by atoms with van der Waals surface area (Å²) < 4.78 is 23.7. The Bertz CT molecular complexity index is 737. The van der Waals surface area contributed by atoms with Gasteiger partial charge >= 0.3 is 5.97 Å². The number of carboxylic acids is 1. The highest BCUT2D eigenvalue weighted by Crippen LogP contribution is 2.33. The number of ether oxygens (including phenoxy) is 2. The van der Waals surface area contributed by atoms with Crippen LogP contribution in [0.4, 0.5) is 4.39 Å². The first-order chi connectivity index (χ1) is 10.1. The molecule has 4 nitrogen and oxygen atoms in total. The topological polar surface area (TPSA) is 55.8 Å². The molecule has 2 aromatic carbocycles. The van der Waals surface area contributed by atoms with Gasteiger partial charge in [0.05, 0.1) is 5.57 Å². The molecule has 0 saturated carbocycles. The van der Waals surface area contributed by atoms with Gasteiger partial charge in [-0.15, -0.1) is 0 Å². The molecule has 106 valence electrons. The zero-order valence-corrected chi connectivity index (χ0v) is 10.9. The second-order valence-electron chi connectivity index (χ2n) is 4.49. The van der Waals surface area contributed by atoms with Crippen LogP contribution in [0.2, 0.25) is 0 Å². The van der Waals surface area contributed by atoms with Crippen LogP contribution in [-0.2, 0) is 4.79 Å². The van der Waals surface area contributed by atoms with Gasteiger partial charge in [-0.1, -0.05) is 18.2 Å². The highest BCUT2D eigenvalue weighted by molar-refractivity contribution is 6.20. The number of hydrogen-bond donors (Lipinski definition) is 1. The van der Waals surface area contributed by atoms with Gasteiger partial charge in [0.1, 0.15) is 5.82 Å². The van der Waals surface area contributed by atoms with E-state index in [1.165, 1.54) is 24.3 Å². The Kier molecular flexibility index (Phi) is 3.31. The third kappa shape index (κ3) is 2.72. The summed E-state index contributed by atoms with van der Waals surface area (Å²) in [5, 5.41) is 9.33. The minimum Gasteiger partial charge on any atom is -0.478 e. The van der Waals surface area contributed by atoms with Crippen LogP contribution in [0.15, 0.2) is 42.5 Å². The molecule has 21 heavy (non-hydrogen) atoms. The average Bonchev–Trinajstić information content (AvgIpc) is 2.92. The monoisotopic (exact) mass is 286 g/mol. The fourth-order valence-electron chi connectivity index (χ4n) is 2.09. The Balaban J connectivity index is 2.03. The Morgan fingerprint density at radius 1 is 1.14 bits per heavy atom. The minimum absolute atomic E-state index is 0.00775. The van der Waals surface area contributed by atoms with E-state index < -0.39 is 11.8 Å². The van der Waals surface area contributed by atoms with Crippen molar-refractivity contribution in [3.63, 3.8) is 0 Å². The zero-order chi connectivity index (χ0) is 14.8. The zero-order valence-electron chi connectivity index (χ0n) is 10.9. The van der Waals surface area contributed by atoms with E-state index in [4.69, 9.17) is 9.47 Å². The van der Waals surface area contributed by atoms with Gasteiger partial charge in [0, 0.05) is 0 Å². The fraction of sp³-hybridized carbons (Fsp3) is 0.0625. The van der Waals surface area contributed by atoms with Crippen molar-refractivity contribution in [2.75, 3.05) is 6.79 Å². The Morgan fingerprint density at radius 3 is 2.71 bits per heavy atom. The normalized spacial score (nSPS) is 13.3. The van der Waals surface area contributed by atoms with E-state index in [9.17, 15) is 14.3 Å². The van der Waals surface area contributed by atoms with Gasteiger partial charge in [-0.2, -0.15) is 0 Å². The molecule has 1 aliphatic heterocycles. The molecule has 0 saturated heterocycles. The Morgan fingerprint density at radius 2 is 1.95 bits per heavy atom. The molecule has 0 unspecified atom stereocenters. The summed E-state index contributed by atoms with van der Waals surface area (Å²) in [5.41, 5.74) is 0.953.